The zero-order chi connectivity index (χ0) is 16.3. The molecule has 0 radical (unpaired) electrons. The maximum atomic E-state index is 12.1. The number of carbonyl (C=O) groups excluding carboxylic acids is 1. The second kappa shape index (κ2) is 6.55. The first-order valence-corrected chi connectivity index (χ1v) is 8.15. The summed E-state index contributed by atoms with van der Waals surface area (Å²) in [6.07, 6.45) is 2.51. The van der Waals surface area contributed by atoms with Gasteiger partial charge in [0.1, 0.15) is 0 Å². The Bertz CT molecular complexity index is 710. The molecule has 0 saturated heterocycles. The number of fused-ring (bicyclic) bond motifs is 1. The van der Waals surface area contributed by atoms with Gasteiger partial charge in [-0.05, 0) is 36.5 Å². The summed E-state index contributed by atoms with van der Waals surface area (Å²) in [7, 11) is 0. The molecule has 0 heterocycles. The lowest BCUT2D eigenvalue weighted by molar-refractivity contribution is -0.121. The lowest BCUT2D eigenvalue weighted by Crippen LogP contribution is -2.47. The quantitative estimate of drug-likeness (QED) is 0.912. The number of benzene rings is 2. The van der Waals surface area contributed by atoms with E-state index in [2.05, 4.69) is 17.4 Å². The maximum Gasteiger partial charge on any atom is 0.224 e. The van der Waals surface area contributed by atoms with E-state index >= 15 is 0 Å². The topological polar surface area (TPSA) is 49.3 Å². The second-order valence-corrected chi connectivity index (χ2v) is 6.61. The third-order valence-electron chi connectivity index (χ3n) is 4.56. The predicted molar refractivity (Wildman–Crippen MR) is 91.3 cm³/mol. The van der Waals surface area contributed by atoms with Crippen LogP contribution in [0.3, 0.4) is 0 Å². The van der Waals surface area contributed by atoms with Crippen molar-refractivity contribution in [3.63, 3.8) is 0 Å². The van der Waals surface area contributed by atoms with Crippen molar-refractivity contribution in [3.05, 3.63) is 70.8 Å². The SMILES string of the molecule is Cc1cccc(CC(=O)NC[C@]2(O)CCc3ccccc3C2)c1. The number of aryl methyl sites for hydroxylation is 2. The van der Waals surface area contributed by atoms with Gasteiger partial charge >= 0.3 is 0 Å². The van der Waals surface area contributed by atoms with E-state index in [0.29, 0.717) is 25.8 Å². The van der Waals surface area contributed by atoms with Gasteiger partial charge in [-0.15, -0.1) is 0 Å². The molecule has 120 valence electrons. The molecular weight excluding hydrogens is 286 g/mol. The molecule has 0 aromatic heterocycles. The van der Waals surface area contributed by atoms with E-state index in [9.17, 15) is 9.90 Å². The molecule has 1 aliphatic rings. The van der Waals surface area contributed by atoms with Crippen LogP contribution >= 0.6 is 0 Å². The molecule has 3 rings (SSSR count). The van der Waals surface area contributed by atoms with Crippen LogP contribution in [0.15, 0.2) is 48.5 Å². The van der Waals surface area contributed by atoms with Crippen molar-refractivity contribution in [1.29, 1.82) is 0 Å². The van der Waals surface area contributed by atoms with Crippen molar-refractivity contribution in [2.75, 3.05) is 6.54 Å². The fourth-order valence-electron chi connectivity index (χ4n) is 3.27. The van der Waals surface area contributed by atoms with E-state index in [1.807, 2.05) is 43.3 Å². The highest BCUT2D eigenvalue weighted by Gasteiger charge is 2.32. The van der Waals surface area contributed by atoms with E-state index < -0.39 is 5.60 Å². The van der Waals surface area contributed by atoms with Gasteiger partial charge in [0.15, 0.2) is 0 Å². The smallest absolute Gasteiger partial charge is 0.224 e. The van der Waals surface area contributed by atoms with Gasteiger partial charge in [-0.25, -0.2) is 0 Å². The molecule has 3 nitrogen and oxygen atoms in total. The number of hydrogen-bond donors (Lipinski definition) is 2. The summed E-state index contributed by atoms with van der Waals surface area (Å²) >= 11 is 0. The Kier molecular flexibility index (Phi) is 4.49. The summed E-state index contributed by atoms with van der Waals surface area (Å²) in [5, 5.41) is 13.7. The lowest BCUT2D eigenvalue weighted by Gasteiger charge is -2.33. The van der Waals surface area contributed by atoms with E-state index in [0.717, 1.165) is 17.5 Å². The molecule has 1 amide bonds. The molecule has 0 bridgehead atoms. The molecule has 0 aliphatic heterocycles. The zero-order valence-electron chi connectivity index (χ0n) is 13.5. The minimum Gasteiger partial charge on any atom is -0.388 e. The molecule has 2 aromatic rings. The first kappa shape index (κ1) is 15.8. The van der Waals surface area contributed by atoms with Crippen molar-refractivity contribution < 1.29 is 9.90 Å². The van der Waals surface area contributed by atoms with E-state index in [-0.39, 0.29) is 5.91 Å². The summed E-state index contributed by atoms with van der Waals surface area (Å²) in [5.74, 6) is -0.0390. The van der Waals surface area contributed by atoms with Crippen LogP contribution in [0.4, 0.5) is 0 Å². The number of amides is 1. The molecule has 0 fully saturated rings. The number of aliphatic hydroxyl groups is 1. The molecule has 3 heteroatoms. The Labute approximate surface area is 137 Å². The van der Waals surface area contributed by atoms with Crippen LogP contribution in [-0.2, 0) is 24.1 Å². The lowest BCUT2D eigenvalue weighted by atomic mass is 9.80. The number of hydrogen-bond acceptors (Lipinski definition) is 2. The first-order valence-electron chi connectivity index (χ1n) is 8.15. The monoisotopic (exact) mass is 309 g/mol. The van der Waals surface area contributed by atoms with Gasteiger partial charge in [0.25, 0.3) is 0 Å². The molecule has 0 unspecified atom stereocenters. The minimum atomic E-state index is -0.837. The third kappa shape index (κ3) is 3.99. The van der Waals surface area contributed by atoms with Gasteiger partial charge in [-0.1, -0.05) is 54.1 Å². The zero-order valence-corrected chi connectivity index (χ0v) is 13.5. The highest BCUT2D eigenvalue weighted by molar-refractivity contribution is 5.78. The Balaban J connectivity index is 1.57. The predicted octanol–water partition coefficient (Wildman–Crippen LogP) is 2.57. The molecular formula is C20H23NO2. The number of nitrogens with one attached hydrogen (secondary N) is 1. The van der Waals surface area contributed by atoms with Crippen molar-refractivity contribution in [1.82, 2.24) is 5.32 Å². The van der Waals surface area contributed by atoms with Crippen LogP contribution in [0.5, 0.6) is 0 Å². The highest BCUT2D eigenvalue weighted by Crippen LogP contribution is 2.28. The summed E-state index contributed by atoms with van der Waals surface area (Å²) in [4.78, 5) is 12.1. The summed E-state index contributed by atoms with van der Waals surface area (Å²) in [6, 6.07) is 16.2. The van der Waals surface area contributed by atoms with Gasteiger partial charge in [0.2, 0.25) is 5.91 Å². The Morgan fingerprint density at radius 1 is 1.17 bits per heavy atom. The normalized spacial score (nSPS) is 19.9. The summed E-state index contributed by atoms with van der Waals surface area (Å²) in [6.45, 7) is 2.33. The Morgan fingerprint density at radius 2 is 1.96 bits per heavy atom. The van der Waals surface area contributed by atoms with E-state index in [1.54, 1.807) is 0 Å². The van der Waals surface area contributed by atoms with Crippen LogP contribution in [0, 0.1) is 6.92 Å². The maximum absolute atomic E-state index is 12.1. The van der Waals surface area contributed by atoms with Crippen molar-refractivity contribution in [3.8, 4) is 0 Å². The molecule has 2 N–H and O–H groups in total. The van der Waals surface area contributed by atoms with Crippen LogP contribution in [0.2, 0.25) is 0 Å². The molecule has 0 saturated carbocycles. The van der Waals surface area contributed by atoms with Crippen molar-refractivity contribution >= 4 is 5.91 Å². The highest BCUT2D eigenvalue weighted by atomic mass is 16.3. The third-order valence-corrected chi connectivity index (χ3v) is 4.56. The largest absolute Gasteiger partial charge is 0.388 e. The van der Waals surface area contributed by atoms with Crippen LogP contribution in [-0.4, -0.2) is 23.2 Å². The molecule has 2 aromatic carbocycles. The van der Waals surface area contributed by atoms with Gasteiger partial charge in [-0.3, -0.25) is 4.79 Å². The number of rotatable bonds is 4. The first-order chi connectivity index (χ1) is 11.0. The van der Waals surface area contributed by atoms with Gasteiger partial charge in [0.05, 0.1) is 12.0 Å². The fourth-order valence-corrected chi connectivity index (χ4v) is 3.27. The van der Waals surface area contributed by atoms with Gasteiger partial charge < -0.3 is 10.4 Å². The molecule has 0 spiro atoms. The summed E-state index contributed by atoms with van der Waals surface area (Å²) in [5.41, 5.74) is 3.81. The van der Waals surface area contributed by atoms with Crippen LogP contribution < -0.4 is 5.32 Å². The van der Waals surface area contributed by atoms with E-state index in [4.69, 9.17) is 0 Å². The number of carbonyl (C=O) groups is 1. The van der Waals surface area contributed by atoms with Gasteiger partial charge in [0, 0.05) is 13.0 Å². The Hall–Kier alpha value is -2.13. The second-order valence-electron chi connectivity index (χ2n) is 6.61. The molecule has 23 heavy (non-hydrogen) atoms. The molecule has 1 aliphatic carbocycles. The van der Waals surface area contributed by atoms with Crippen molar-refractivity contribution in [2.24, 2.45) is 0 Å². The Morgan fingerprint density at radius 3 is 2.74 bits per heavy atom. The fraction of sp³-hybridized carbons (Fsp3) is 0.350. The van der Waals surface area contributed by atoms with E-state index in [1.165, 1.54) is 11.1 Å². The summed E-state index contributed by atoms with van der Waals surface area (Å²) < 4.78 is 0. The molecule has 1 atom stereocenters. The standard InChI is InChI=1S/C20H23NO2/c1-15-5-4-6-16(11-15)12-19(22)21-14-20(23)10-9-17-7-2-3-8-18(17)13-20/h2-8,11,23H,9-10,12-14H2,1H3,(H,21,22)/t20-/m0/s1. The average Bonchev–Trinajstić information content (AvgIpc) is 2.53. The van der Waals surface area contributed by atoms with Crippen LogP contribution in [0.25, 0.3) is 0 Å². The van der Waals surface area contributed by atoms with Crippen LogP contribution in [0.1, 0.15) is 28.7 Å². The minimum absolute atomic E-state index is 0.0390. The van der Waals surface area contributed by atoms with Gasteiger partial charge in [-0.2, -0.15) is 0 Å². The van der Waals surface area contributed by atoms with Crippen molar-refractivity contribution in [2.45, 2.75) is 38.2 Å². The average molecular weight is 309 g/mol.